The molecule has 1 heterocycles. The average molecular weight is 334 g/mol. The first-order valence-electron chi connectivity index (χ1n) is 7.99. The summed E-state index contributed by atoms with van der Waals surface area (Å²) >= 11 is 0. The minimum absolute atomic E-state index is 0.302. The number of carbonyl (C=O) groups is 2. The summed E-state index contributed by atoms with van der Waals surface area (Å²) in [6.45, 7) is 2.34. The van der Waals surface area contributed by atoms with Crippen LogP contribution in [-0.2, 0) is 28.5 Å². The lowest BCUT2D eigenvalue weighted by molar-refractivity contribution is -0.258. The van der Waals surface area contributed by atoms with E-state index in [0.29, 0.717) is 26.1 Å². The standard InChI is InChI=1S/C18H22O6/c1-2-21-17(20)10-12-22-16-13-23-18(14-7-4-3-5-8-14)24-15(16)9-6-11-19/h3-5,7-8,10-12,15-16,18H,2,6,9,13H2,1H3/b12-10-/t15-,16+,18+/m0/s1. The summed E-state index contributed by atoms with van der Waals surface area (Å²) in [4.78, 5) is 22.0. The predicted molar refractivity (Wildman–Crippen MR) is 86.0 cm³/mol. The van der Waals surface area contributed by atoms with E-state index in [1.807, 2.05) is 30.3 Å². The molecule has 6 nitrogen and oxygen atoms in total. The largest absolute Gasteiger partial charge is 0.493 e. The van der Waals surface area contributed by atoms with E-state index in [0.717, 1.165) is 11.8 Å². The fourth-order valence-corrected chi connectivity index (χ4v) is 2.36. The first-order valence-corrected chi connectivity index (χ1v) is 7.99. The Morgan fingerprint density at radius 2 is 2.12 bits per heavy atom. The maximum Gasteiger partial charge on any atom is 0.333 e. The number of hydrogen-bond donors (Lipinski definition) is 0. The molecule has 2 rings (SSSR count). The van der Waals surface area contributed by atoms with Crippen molar-refractivity contribution in [3.05, 3.63) is 48.2 Å². The minimum Gasteiger partial charge on any atom is -0.493 e. The van der Waals surface area contributed by atoms with Crippen molar-refractivity contribution in [2.24, 2.45) is 0 Å². The highest BCUT2D eigenvalue weighted by atomic mass is 16.7. The van der Waals surface area contributed by atoms with Gasteiger partial charge in [0, 0.05) is 12.0 Å². The first-order chi connectivity index (χ1) is 11.7. The van der Waals surface area contributed by atoms with Crippen molar-refractivity contribution in [1.29, 1.82) is 0 Å². The van der Waals surface area contributed by atoms with Gasteiger partial charge in [-0.3, -0.25) is 0 Å². The number of benzene rings is 1. The first kappa shape index (κ1) is 18.2. The highest BCUT2D eigenvalue weighted by molar-refractivity contribution is 5.81. The number of carbonyl (C=O) groups excluding carboxylic acids is 2. The van der Waals surface area contributed by atoms with Gasteiger partial charge in [0.2, 0.25) is 0 Å². The lowest BCUT2D eigenvalue weighted by Crippen LogP contribution is -2.41. The molecule has 6 heteroatoms. The van der Waals surface area contributed by atoms with Gasteiger partial charge < -0.3 is 23.7 Å². The van der Waals surface area contributed by atoms with E-state index < -0.39 is 18.4 Å². The molecule has 0 saturated carbocycles. The highest BCUT2D eigenvalue weighted by Crippen LogP contribution is 2.29. The van der Waals surface area contributed by atoms with Gasteiger partial charge in [0.25, 0.3) is 0 Å². The number of esters is 1. The molecule has 1 aliphatic rings. The number of aldehydes is 1. The molecule has 0 spiro atoms. The van der Waals surface area contributed by atoms with Gasteiger partial charge in [-0.2, -0.15) is 0 Å². The average Bonchev–Trinajstić information content (AvgIpc) is 2.61. The number of rotatable bonds is 8. The molecule has 1 fully saturated rings. The smallest absolute Gasteiger partial charge is 0.333 e. The maximum atomic E-state index is 11.3. The summed E-state index contributed by atoms with van der Waals surface area (Å²) in [7, 11) is 0. The number of hydrogen-bond acceptors (Lipinski definition) is 6. The fourth-order valence-electron chi connectivity index (χ4n) is 2.36. The molecule has 24 heavy (non-hydrogen) atoms. The summed E-state index contributed by atoms with van der Waals surface area (Å²) in [6.07, 6.45) is 3.05. The summed E-state index contributed by atoms with van der Waals surface area (Å²) in [5.41, 5.74) is 0.911. The monoisotopic (exact) mass is 334 g/mol. The van der Waals surface area contributed by atoms with Crippen LogP contribution in [0.4, 0.5) is 0 Å². The molecule has 0 unspecified atom stereocenters. The van der Waals surface area contributed by atoms with Gasteiger partial charge in [0.1, 0.15) is 18.5 Å². The molecule has 0 amide bonds. The summed E-state index contributed by atoms with van der Waals surface area (Å²) in [5, 5.41) is 0. The van der Waals surface area contributed by atoms with Crippen LogP contribution < -0.4 is 0 Å². The molecule has 0 N–H and O–H groups in total. The second-order valence-corrected chi connectivity index (χ2v) is 5.22. The Bertz CT molecular complexity index is 542. The van der Waals surface area contributed by atoms with Crippen molar-refractivity contribution < 1.29 is 28.5 Å². The lowest BCUT2D eigenvalue weighted by atomic mass is 10.1. The van der Waals surface area contributed by atoms with Crippen molar-refractivity contribution in [3.63, 3.8) is 0 Å². The van der Waals surface area contributed by atoms with E-state index in [9.17, 15) is 9.59 Å². The molecule has 1 aromatic carbocycles. The Balaban J connectivity index is 1.95. The minimum atomic E-state index is -0.489. The van der Waals surface area contributed by atoms with Gasteiger partial charge in [-0.1, -0.05) is 30.3 Å². The van der Waals surface area contributed by atoms with Crippen LogP contribution in [0, 0.1) is 0 Å². The van der Waals surface area contributed by atoms with Gasteiger partial charge in [0.15, 0.2) is 6.29 Å². The Hall–Kier alpha value is -2.18. The summed E-state index contributed by atoms with van der Waals surface area (Å²) < 4.78 is 22.0. The van der Waals surface area contributed by atoms with Crippen molar-refractivity contribution in [1.82, 2.24) is 0 Å². The molecule has 1 aliphatic heterocycles. The van der Waals surface area contributed by atoms with E-state index in [1.165, 1.54) is 12.3 Å². The molecular weight excluding hydrogens is 312 g/mol. The molecule has 1 aromatic rings. The van der Waals surface area contributed by atoms with E-state index in [-0.39, 0.29) is 6.10 Å². The normalized spacial score (nSPS) is 23.8. The Morgan fingerprint density at radius 1 is 1.33 bits per heavy atom. The zero-order valence-electron chi connectivity index (χ0n) is 13.6. The van der Waals surface area contributed by atoms with E-state index in [1.54, 1.807) is 6.92 Å². The third-order valence-electron chi connectivity index (χ3n) is 3.51. The van der Waals surface area contributed by atoms with Crippen molar-refractivity contribution >= 4 is 12.3 Å². The van der Waals surface area contributed by atoms with E-state index in [4.69, 9.17) is 18.9 Å². The van der Waals surface area contributed by atoms with E-state index >= 15 is 0 Å². The second-order valence-electron chi connectivity index (χ2n) is 5.22. The zero-order valence-corrected chi connectivity index (χ0v) is 13.6. The topological polar surface area (TPSA) is 71.1 Å². The van der Waals surface area contributed by atoms with Gasteiger partial charge in [0.05, 0.1) is 25.6 Å². The maximum absolute atomic E-state index is 11.3. The Morgan fingerprint density at radius 3 is 2.83 bits per heavy atom. The molecule has 130 valence electrons. The quantitative estimate of drug-likeness (QED) is 0.315. The molecule has 0 aromatic heterocycles. The van der Waals surface area contributed by atoms with Crippen LogP contribution in [0.3, 0.4) is 0 Å². The molecule has 0 radical (unpaired) electrons. The summed E-state index contributed by atoms with van der Waals surface area (Å²) in [5.74, 6) is -0.471. The van der Waals surface area contributed by atoms with Crippen LogP contribution in [0.1, 0.15) is 31.6 Å². The van der Waals surface area contributed by atoms with Crippen LogP contribution in [-0.4, -0.2) is 37.7 Å². The molecule has 3 atom stereocenters. The van der Waals surface area contributed by atoms with Crippen LogP contribution in [0.2, 0.25) is 0 Å². The molecule has 1 saturated heterocycles. The fraction of sp³-hybridized carbons (Fsp3) is 0.444. The van der Waals surface area contributed by atoms with Crippen LogP contribution in [0.25, 0.3) is 0 Å². The van der Waals surface area contributed by atoms with Crippen LogP contribution >= 0.6 is 0 Å². The van der Waals surface area contributed by atoms with Gasteiger partial charge in [-0.25, -0.2) is 4.79 Å². The van der Waals surface area contributed by atoms with Crippen LogP contribution in [0.5, 0.6) is 0 Å². The third-order valence-corrected chi connectivity index (χ3v) is 3.51. The third kappa shape index (κ3) is 5.47. The SMILES string of the molecule is CCOC(=O)/C=C\O[C@@H]1CO[C@@H](c2ccccc2)O[C@H]1CCC=O. The summed E-state index contributed by atoms with van der Waals surface area (Å²) in [6, 6.07) is 9.58. The van der Waals surface area contributed by atoms with Crippen molar-refractivity contribution in [3.8, 4) is 0 Å². The number of ether oxygens (including phenoxy) is 4. The highest BCUT2D eigenvalue weighted by Gasteiger charge is 2.33. The van der Waals surface area contributed by atoms with Gasteiger partial charge >= 0.3 is 5.97 Å². The zero-order chi connectivity index (χ0) is 17.2. The molecule has 0 bridgehead atoms. The molecular formula is C18H22O6. The van der Waals surface area contributed by atoms with Crippen LogP contribution in [0.15, 0.2) is 42.7 Å². The predicted octanol–water partition coefficient (Wildman–Crippen LogP) is 2.54. The lowest BCUT2D eigenvalue weighted by Gasteiger charge is -2.36. The second kappa shape index (κ2) is 9.85. The molecule has 0 aliphatic carbocycles. The van der Waals surface area contributed by atoms with Crippen molar-refractivity contribution in [2.45, 2.75) is 38.3 Å². The van der Waals surface area contributed by atoms with Gasteiger partial charge in [-0.05, 0) is 13.3 Å². The van der Waals surface area contributed by atoms with E-state index in [2.05, 4.69) is 0 Å². The van der Waals surface area contributed by atoms with Crippen molar-refractivity contribution in [2.75, 3.05) is 13.2 Å². The Kier molecular flexibility index (Phi) is 7.45. The van der Waals surface area contributed by atoms with Gasteiger partial charge in [-0.15, -0.1) is 0 Å². The Labute approximate surface area is 141 Å².